The Kier molecular flexibility index (Phi) is 5.74. The molecule has 2 atom stereocenters. The van der Waals surface area contributed by atoms with Gasteiger partial charge in [-0.3, -0.25) is 14.3 Å². The summed E-state index contributed by atoms with van der Waals surface area (Å²) >= 11 is 3.20. The summed E-state index contributed by atoms with van der Waals surface area (Å²) in [6, 6.07) is 4.87. The lowest BCUT2D eigenvalue weighted by Gasteiger charge is -2.10. The van der Waals surface area contributed by atoms with E-state index in [1.807, 2.05) is 6.92 Å². The van der Waals surface area contributed by atoms with Crippen molar-refractivity contribution in [1.82, 2.24) is 0 Å². The van der Waals surface area contributed by atoms with E-state index in [-0.39, 0.29) is 10.9 Å². The van der Waals surface area contributed by atoms with Gasteiger partial charge in [-0.2, -0.15) is 0 Å². The van der Waals surface area contributed by atoms with Crippen LogP contribution in [0.25, 0.3) is 0 Å². The number of anilines is 1. The number of rotatable bonds is 6. The van der Waals surface area contributed by atoms with Crippen LogP contribution in [-0.4, -0.2) is 27.2 Å². The molecule has 0 amide bonds. The Morgan fingerprint density at radius 1 is 1.56 bits per heavy atom. The molecule has 0 aromatic heterocycles. The standard InChI is InChI=1S/C11H15BrN2O3S/c1-8(18(2)17)5-6-13-10-4-3-9(12)7-11(10)14(15)16/h3-4,7-8,13H,5-6H2,1-2H3. The fraction of sp³-hybridized carbons (Fsp3) is 0.455. The minimum atomic E-state index is -0.867. The van der Waals surface area contributed by atoms with Crippen LogP contribution in [0.5, 0.6) is 0 Å². The molecular weight excluding hydrogens is 320 g/mol. The second-order valence-corrected chi connectivity index (χ2v) is 6.66. The van der Waals surface area contributed by atoms with E-state index in [2.05, 4.69) is 21.2 Å². The Morgan fingerprint density at radius 3 is 2.78 bits per heavy atom. The number of halogens is 1. The molecule has 1 rings (SSSR count). The molecule has 100 valence electrons. The maximum absolute atomic E-state index is 11.2. The van der Waals surface area contributed by atoms with E-state index in [0.29, 0.717) is 23.1 Å². The quantitative estimate of drug-likeness (QED) is 0.641. The molecule has 0 fully saturated rings. The first-order valence-corrected chi connectivity index (χ1v) is 7.83. The molecule has 0 bridgehead atoms. The van der Waals surface area contributed by atoms with E-state index in [0.717, 1.165) is 0 Å². The predicted octanol–water partition coefficient (Wildman–Crippen LogP) is 2.93. The molecule has 1 N–H and O–H groups in total. The number of nitrogens with one attached hydrogen (secondary N) is 1. The predicted molar refractivity (Wildman–Crippen MR) is 77.4 cm³/mol. The fourth-order valence-electron chi connectivity index (χ4n) is 1.38. The summed E-state index contributed by atoms with van der Waals surface area (Å²) in [6.07, 6.45) is 2.36. The third kappa shape index (κ3) is 4.38. The summed E-state index contributed by atoms with van der Waals surface area (Å²) < 4.78 is 11.8. The second-order valence-electron chi connectivity index (χ2n) is 3.94. The van der Waals surface area contributed by atoms with Crippen LogP contribution in [0.1, 0.15) is 13.3 Å². The highest BCUT2D eigenvalue weighted by atomic mass is 79.9. The zero-order valence-corrected chi connectivity index (χ0v) is 12.6. The maximum Gasteiger partial charge on any atom is 0.293 e. The first kappa shape index (κ1) is 15.1. The lowest BCUT2D eigenvalue weighted by Crippen LogP contribution is -2.15. The summed E-state index contributed by atoms with van der Waals surface area (Å²) in [6.45, 7) is 2.46. The van der Waals surface area contributed by atoms with Gasteiger partial charge in [0.2, 0.25) is 0 Å². The molecule has 0 aliphatic rings. The van der Waals surface area contributed by atoms with Crippen LogP contribution >= 0.6 is 15.9 Å². The molecule has 1 aromatic rings. The summed E-state index contributed by atoms with van der Waals surface area (Å²) in [5.41, 5.74) is 0.520. The SMILES string of the molecule is CC(CCNc1ccc(Br)cc1[N+](=O)[O-])S(C)=O. The van der Waals surface area contributed by atoms with Gasteiger partial charge in [-0.05, 0) is 18.6 Å². The lowest BCUT2D eigenvalue weighted by atomic mass is 10.2. The van der Waals surface area contributed by atoms with Crippen LogP contribution < -0.4 is 5.32 Å². The van der Waals surface area contributed by atoms with E-state index in [1.54, 1.807) is 18.4 Å². The van der Waals surface area contributed by atoms with Crippen molar-refractivity contribution in [2.45, 2.75) is 18.6 Å². The van der Waals surface area contributed by atoms with Crippen LogP contribution in [0.3, 0.4) is 0 Å². The van der Waals surface area contributed by atoms with Gasteiger partial charge < -0.3 is 5.32 Å². The molecule has 0 aliphatic heterocycles. The Balaban J connectivity index is 2.67. The van der Waals surface area contributed by atoms with Crippen LogP contribution in [0.2, 0.25) is 0 Å². The van der Waals surface area contributed by atoms with Crippen molar-refractivity contribution in [3.63, 3.8) is 0 Å². The molecule has 0 spiro atoms. The monoisotopic (exact) mass is 334 g/mol. The molecule has 7 heteroatoms. The molecule has 5 nitrogen and oxygen atoms in total. The third-order valence-corrected chi connectivity index (χ3v) is 4.45. The van der Waals surface area contributed by atoms with Crippen molar-refractivity contribution < 1.29 is 9.13 Å². The molecule has 2 unspecified atom stereocenters. The van der Waals surface area contributed by atoms with Crippen LogP contribution in [-0.2, 0) is 10.8 Å². The Morgan fingerprint density at radius 2 is 2.22 bits per heavy atom. The molecule has 0 heterocycles. The van der Waals surface area contributed by atoms with Gasteiger partial charge in [0.25, 0.3) is 5.69 Å². The molecular formula is C11H15BrN2O3S. The number of hydrogen-bond donors (Lipinski definition) is 1. The third-order valence-electron chi connectivity index (χ3n) is 2.59. The van der Waals surface area contributed by atoms with Crippen molar-refractivity contribution in [1.29, 1.82) is 0 Å². The smallest absolute Gasteiger partial charge is 0.293 e. The summed E-state index contributed by atoms with van der Waals surface area (Å²) in [7, 11) is -0.867. The summed E-state index contributed by atoms with van der Waals surface area (Å²) in [5.74, 6) is 0. The van der Waals surface area contributed by atoms with Crippen LogP contribution in [0, 0.1) is 10.1 Å². The van der Waals surface area contributed by atoms with E-state index >= 15 is 0 Å². The molecule has 18 heavy (non-hydrogen) atoms. The number of hydrogen-bond acceptors (Lipinski definition) is 4. The summed E-state index contributed by atoms with van der Waals surface area (Å²) in [4.78, 5) is 10.5. The Hall–Kier alpha value is -0.950. The molecule has 0 radical (unpaired) electrons. The zero-order chi connectivity index (χ0) is 13.7. The molecule has 1 aromatic carbocycles. The Labute approximate surface area is 117 Å². The average Bonchev–Trinajstić information content (AvgIpc) is 2.30. The highest BCUT2D eigenvalue weighted by Crippen LogP contribution is 2.27. The van der Waals surface area contributed by atoms with Gasteiger partial charge in [-0.25, -0.2) is 0 Å². The largest absolute Gasteiger partial charge is 0.379 e. The Bertz CT molecular complexity index is 468. The van der Waals surface area contributed by atoms with Crippen LogP contribution in [0.15, 0.2) is 22.7 Å². The number of benzene rings is 1. The minimum Gasteiger partial charge on any atom is -0.379 e. The van der Waals surface area contributed by atoms with Crippen molar-refractivity contribution in [3.8, 4) is 0 Å². The van der Waals surface area contributed by atoms with E-state index in [1.165, 1.54) is 6.07 Å². The van der Waals surface area contributed by atoms with Crippen LogP contribution in [0.4, 0.5) is 11.4 Å². The van der Waals surface area contributed by atoms with Crippen molar-refractivity contribution in [3.05, 3.63) is 32.8 Å². The highest BCUT2D eigenvalue weighted by Gasteiger charge is 2.14. The average molecular weight is 335 g/mol. The normalized spacial score (nSPS) is 13.9. The van der Waals surface area contributed by atoms with Gasteiger partial charge in [0.05, 0.1) is 4.92 Å². The van der Waals surface area contributed by atoms with Gasteiger partial charge in [-0.1, -0.05) is 22.9 Å². The van der Waals surface area contributed by atoms with E-state index < -0.39 is 15.7 Å². The lowest BCUT2D eigenvalue weighted by molar-refractivity contribution is -0.384. The van der Waals surface area contributed by atoms with Gasteiger partial charge in [0.15, 0.2) is 0 Å². The number of nitrogens with zero attached hydrogens (tertiary/aromatic N) is 1. The van der Waals surface area contributed by atoms with E-state index in [4.69, 9.17) is 0 Å². The first-order valence-electron chi connectivity index (χ1n) is 5.42. The van der Waals surface area contributed by atoms with Crippen molar-refractivity contribution >= 4 is 38.1 Å². The van der Waals surface area contributed by atoms with Gasteiger partial charge in [-0.15, -0.1) is 0 Å². The molecule has 0 aliphatic carbocycles. The minimum absolute atomic E-state index is 0.0367. The second kappa shape index (κ2) is 6.84. The van der Waals surface area contributed by atoms with Gasteiger partial charge in [0.1, 0.15) is 5.69 Å². The highest BCUT2D eigenvalue weighted by molar-refractivity contribution is 9.10. The van der Waals surface area contributed by atoms with Gasteiger partial charge in [0, 0.05) is 39.4 Å². The fourth-order valence-corrected chi connectivity index (χ4v) is 2.18. The van der Waals surface area contributed by atoms with E-state index in [9.17, 15) is 14.3 Å². The molecule has 0 saturated carbocycles. The van der Waals surface area contributed by atoms with Gasteiger partial charge >= 0.3 is 0 Å². The number of nitro groups is 1. The number of nitro benzene ring substituents is 1. The first-order chi connectivity index (χ1) is 8.41. The maximum atomic E-state index is 11.2. The summed E-state index contributed by atoms with van der Waals surface area (Å²) in [5, 5.41) is 14.0. The topological polar surface area (TPSA) is 72.2 Å². The zero-order valence-electron chi connectivity index (χ0n) is 10.2. The molecule has 0 saturated heterocycles. The van der Waals surface area contributed by atoms with Crippen molar-refractivity contribution in [2.24, 2.45) is 0 Å². The van der Waals surface area contributed by atoms with Crippen molar-refractivity contribution in [2.75, 3.05) is 18.1 Å².